The molecule has 1 unspecified atom stereocenters. The van der Waals surface area contributed by atoms with Crippen molar-refractivity contribution in [2.75, 3.05) is 0 Å². The van der Waals surface area contributed by atoms with Gasteiger partial charge in [0.15, 0.2) is 5.82 Å². The minimum Gasteiger partial charge on any atom is -0.338 e. The lowest BCUT2D eigenvalue weighted by atomic mass is 10.2. The number of rotatable bonds is 6. The monoisotopic (exact) mass is 346 g/mol. The number of hydrogen-bond donors (Lipinski definition) is 1. The summed E-state index contributed by atoms with van der Waals surface area (Å²) >= 11 is 0. The van der Waals surface area contributed by atoms with Crippen LogP contribution >= 0.6 is 0 Å². The normalized spacial score (nSPS) is 13.1. The van der Waals surface area contributed by atoms with Crippen molar-refractivity contribution in [3.05, 3.63) is 48.2 Å². The highest BCUT2D eigenvalue weighted by atomic mass is 32.2. The average Bonchev–Trinajstić information content (AvgIpc) is 3.25. The Morgan fingerprint density at radius 3 is 2.71 bits per heavy atom. The summed E-state index contributed by atoms with van der Waals surface area (Å²) in [5.74, 6) is 0.593. The second-order valence-corrected chi connectivity index (χ2v) is 7.64. The number of hydrogen-bond acceptors (Lipinski definition) is 6. The number of imidazole rings is 1. The summed E-state index contributed by atoms with van der Waals surface area (Å²) in [6.07, 6.45) is 3.01. The van der Waals surface area contributed by atoms with E-state index in [2.05, 4.69) is 20.1 Å². The van der Waals surface area contributed by atoms with Crippen molar-refractivity contribution in [2.24, 2.45) is 0 Å². The van der Waals surface area contributed by atoms with Crippen LogP contribution in [0.3, 0.4) is 0 Å². The van der Waals surface area contributed by atoms with Crippen LogP contribution in [0.4, 0.5) is 0 Å². The number of aromatic nitrogens is 4. The smallest absolute Gasteiger partial charge is 0.245 e. The minimum absolute atomic E-state index is 0.0797. The van der Waals surface area contributed by atoms with E-state index in [1.54, 1.807) is 0 Å². The SMILES string of the molecule is CCCc1noc(C(C)S(=O)(=O)c2ncc(-c3ccccc3)[nH]2)n1. The third kappa shape index (κ3) is 3.09. The van der Waals surface area contributed by atoms with E-state index in [-0.39, 0.29) is 11.0 Å². The summed E-state index contributed by atoms with van der Waals surface area (Å²) in [5, 5.41) is 2.73. The molecule has 0 aliphatic carbocycles. The number of nitrogens with one attached hydrogen (secondary N) is 1. The van der Waals surface area contributed by atoms with Crippen LogP contribution in [0.15, 0.2) is 46.2 Å². The number of aryl methyl sites for hydroxylation is 1. The Balaban J connectivity index is 1.88. The molecule has 126 valence electrons. The number of H-pyrrole nitrogens is 1. The van der Waals surface area contributed by atoms with Gasteiger partial charge in [-0.25, -0.2) is 13.4 Å². The molecular formula is C16H18N4O3S. The molecule has 3 rings (SSSR count). The van der Waals surface area contributed by atoms with Crippen LogP contribution in [0.5, 0.6) is 0 Å². The summed E-state index contributed by atoms with van der Waals surface area (Å²) in [4.78, 5) is 11.0. The average molecular weight is 346 g/mol. The van der Waals surface area contributed by atoms with Crippen molar-refractivity contribution in [1.29, 1.82) is 0 Å². The number of aromatic amines is 1. The maximum Gasteiger partial charge on any atom is 0.245 e. The summed E-state index contributed by atoms with van der Waals surface area (Å²) < 4.78 is 30.5. The van der Waals surface area contributed by atoms with Gasteiger partial charge in [-0.1, -0.05) is 42.4 Å². The van der Waals surface area contributed by atoms with E-state index >= 15 is 0 Å². The van der Waals surface area contributed by atoms with Gasteiger partial charge in [0.05, 0.1) is 11.9 Å². The van der Waals surface area contributed by atoms with E-state index in [0.717, 1.165) is 12.0 Å². The lowest BCUT2D eigenvalue weighted by molar-refractivity contribution is 0.370. The van der Waals surface area contributed by atoms with Crippen LogP contribution in [0.25, 0.3) is 11.3 Å². The zero-order valence-electron chi connectivity index (χ0n) is 13.4. The first-order valence-corrected chi connectivity index (χ1v) is 9.23. The van der Waals surface area contributed by atoms with Crippen molar-refractivity contribution in [1.82, 2.24) is 20.1 Å². The van der Waals surface area contributed by atoms with Gasteiger partial charge in [0, 0.05) is 6.42 Å². The van der Waals surface area contributed by atoms with Crippen molar-refractivity contribution < 1.29 is 12.9 Å². The fourth-order valence-electron chi connectivity index (χ4n) is 2.27. The molecule has 8 heteroatoms. The number of sulfone groups is 1. The Kier molecular flexibility index (Phi) is 4.48. The Bertz CT molecular complexity index is 916. The molecule has 0 radical (unpaired) electrons. The van der Waals surface area contributed by atoms with E-state index in [1.807, 2.05) is 37.3 Å². The molecule has 0 aliphatic heterocycles. The van der Waals surface area contributed by atoms with E-state index in [4.69, 9.17) is 4.52 Å². The first-order chi connectivity index (χ1) is 11.5. The van der Waals surface area contributed by atoms with Crippen LogP contribution < -0.4 is 0 Å². The van der Waals surface area contributed by atoms with E-state index < -0.39 is 15.1 Å². The minimum atomic E-state index is -3.74. The van der Waals surface area contributed by atoms with Crippen molar-refractivity contribution in [3.63, 3.8) is 0 Å². The molecule has 2 heterocycles. The molecular weight excluding hydrogens is 328 g/mol. The lowest BCUT2D eigenvalue weighted by Crippen LogP contribution is -2.12. The third-order valence-electron chi connectivity index (χ3n) is 3.68. The predicted octanol–water partition coefficient (Wildman–Crippen LogP) is 2.95. The molecule has 7 nitrogen and oxygen atoms in total. The molecule has 1 atom stereocenters. The van der Waals surface area contributed by atoms with Gasteiger partial charge in [-0.15, -0.1) is 0 Å². The van der Waals surface area contributed by atoms with Crippen LogP contribution in [-0.2, 0) is 16.3 Å². The largest absolute Gasteiger partial charge is 0.338 e. The van der Waals surface area contributed by atoms with Crippen molar-refractivity contribution >= 4 is 9.84 Å². The highest BCUT2D eigenvalue weighted by molar-refractivity contribution is 7.91. The van der Waals surface area contributed by atoms with Crippen LogP contribution in [-0.4, -0.2) is 28.5 Å². The Hall–Kier alpha value is -2.48. The van der Waals surface area contributed by atoms with Gasteiger partial charge in [0.1, 0.15) is 5.25 Å². The standard InChI is InChI=1S/C16H18N4O3S/c1-3-7-14-19-15(23-20-14)11(2)24(21,22)16-17-10-13(18-16)12-8-5-4-6-9-12/h4-6,8-11H,3,7H2,1-2H3,(H,17,18). The molecule has 1 N–H and O–H groups in total. The van der Waals surface area contributed by atoms with Crippen molar-refractivity contribution in [3.8, 4) is 11.3 Å². The molecule has 2 aromatic heterocycles. The van der Waals surface area contributed by atoms with Gasteiger partial charge in [0.2, 0.25) is 20.9 Å². The molecule has 3 aromatic rings. The van der Waals surface area contributed by atoms with E-state index in [9.17, 15) is 8.42 Å². The van der Waals surface area contributed by atoms with Gasteiger partial charge in [-0.3, -0.25) is 0 Å². The summed E-state index contributed by atoms with van der Waals surface area (Å²) in [6.45, 7) is 3.51. The molecule has 0 amide bonds. The van der Waals surface area contributed by atoms with Crippen molar-refractivity contribution in [2.45, 2.75) is 37.1 Å². The van der Waals surface area contributed by atoms with Gasteiger partial charge in [-0.2, -0.15) is 4.98 Å². The zero-order chi connectivity index (χ0) is 17.2. The maximum absolute atomic E-state index is 12.7. The second kappa shape index (κ2) is 6.56. The second-order valence-electron chi connectivity index (χ2n) is 5.45. The highest BCUT2D eigenvalue weighted by Crippen LogP contribution is 2.27. The fraction of sp³-hybridized carbons (Fsp3) is 0.312. The number of nitrogens with zero attached hydrogens (tertiary/aromatic N) is 3. The van der Waals surface area contributed by atoms with E-state index in [0.29, 0.717) is 17.9 Å². The van der Waals surface area contributed by atoms with Gasteiger partial charge >= 0.3 is 0 Å². The summed E-state index contributed by atoms with van der Waals surface area (Å²) in [6, 6.07) is 9.40. The molecule has 0 saturated heterocycles. The first kappa shape index (κ1) is 16.4. The predicted molar refractivity (Wildman–Crippen MR) is 87.9 cm³/mol. The fourth-order valence-corrected chi connectivity index (χ4v) is 3.42. The molecule has 1 aromatic carbocycles. The molecule has 0 aliphatic rings. The molecule has 24 heavy (non-hydrogen) atoms. The van der Waals surface area contributed by atoms with Gasteiger partial charge < -0.3 is 9.51 Å². The van der Waals surface area contributed by atoms with Crippen LogP contribution in [0, 0.1) is 0 Å². The van der Waals surface area contributed by atoms with E-state index in [1.165, 1.54) is 13.1 Å². The molecule has 0 fully saturated rings. The van der Waals surface area contributed by atoms with Gasteiger partial charge in [0.25, 0.3) is 0 Å². The zero-order valence-corrected chi connectivity index (χ0v) is 14.2. The molecule has 0 spiro atoms. The third-order valence-corrected chi connectivity index (χ3v) is 5.56. The Morgan fingerprint density at radius 1 is 1.25 bits per heavy atom. The number of benzene rings is 1. The van der Waals surface area contributed by atoms with Gasteiger partial charge in [-0.05, 0) is 18.9 Å². The Morgan fingerprint density at radius 2 is 2.00 bits per heavy atom. The lowest BCUT2D eigenvalue weighted by Gasteiger charge is -2.05. The topological polar surface area (TPSA) is 102 Å². The molecule has 0 saturated carbocycles. The quantitative estimate of drug-likeness (QED) is 0.736. The van der Waals surface area contributed by atoms with Crippen LogP contribution in [0.2, 0.25) is 0 Å². The molecule has 0 bridgehead atoms. The Labute approximate surface area is 140 Å². The van der Waals surface area contributed by atoms with Crippen LogP contribution in [0.1, 0.15) is 37.2 Å². The summed E-state index contributed by atoms with van der Waals surface area (Å²) in [5.41, 5.74) is 1.50. The highest BCUT2D eigenvalue weighted by Gasteiger charge is 2.32. The first-order valence-electron chi connectivity index (χ1n) is 7.69. The summed E-state index contributed by atoms with van der Waals surface area (Å²) in [7, 11) is -3.74. The maximum atomic E-state index is 12.7.